The van der Waals surface area contributed by atoms with Gasteiger partial charge in [0, 0.05) is 49.7 Å². The lowest BCUT2D eigenvalue weighted by atomic mass is 9.96. The van der Waals surface area contributed by atoms with Crippen LogP contribution >= 0.6 is 0 Å². The highest BCUT2D eigenvalue weighted by Gasteiger charge is 2.17. The van der Waals surface area contributed by atoms with Crippen molar-refractivity contribution in [2.24, 2.45) is 0 Å². The molecule has 2 aliphatic rings. The molecule has 8 heteroatoms. The number of carbonyl (C=O) groups is 1. The minimum absolute atomic E-state index is 0.140. The van der Waals surface area contributed by atoms with Gasteiger partial charge in [0.1, 0.15) is 17.5 Å². The molecule has 0 spiro atoms. The molecule has 3 N–H and O–H groups in total. The van der Waals surface area contributed by atoms with E-state index in [1.807, 2.05) is 37.3 Å². The zero-order valence-corrected chi connectivity index (χ0v) is 18.5. The molecule has 2 amide bonds. The monoisotopic (exact) mass is 423 g/mol. The fraction of sp³-hybridized carbons (Fsp3) is 0.522. The van der Waals surface area contributed by atoms with Gasteiger partial charge in [-0.15, -0.1) is 0 Å². The highest BCUT2D eigenvalue weighted by molar-refractivity contribution is 5.90. The van der Waals surface area contributed by atoms with Gasteiger partial charge in [0.2, 0.25) is 0 Å². The number of hydrogen-bond acceptors (Lipinski definition) is 6. The second-order valence-electron chi connectivity index (χ2n) is 8.59. The molecule has 1 aromatic heterocycles. The Kier molecular flexibility index (Phi) is 6.86. The molecular formula is C23H33N7O. The van der Waals surface area contributed by atoms with Gasteiger partial charge >= 0.3 is 6.03 Å². The fourth-order valence-corrected chi connectivity index (χ4v) is 4.24. The van der Waals surface area contributed by atoms with E-state index in [2.05, 4.69) is 42.8 Å². The Labute approximate surface area is 184 Å². The predicted octanol–water partition coefficient (Wildman–Crippen LogP) is 3.73. The van der Waals surface area contributed by atoms with Crippen LogP contribution in [0.2, 0.25) is 0 Å². The maximum Gasteiger partial charge on any atom is 0.319 e. The van der Waals surface area contributed by atoms with Crippen molar-refractivity contribution >= 4 is 29.0 Å². The van der Waals surface area contributed by atoms with Gasteiger partial charge < -0.3 is 25.8 Å². The van der Waals surface area contributed by atoms with Crippen LogP contribution < -0.4 is 20.9 Å². The summed E-state index contributed by atoms with van der Waals surface area (Å²) in [5.74, 6) is 2.44. The van der Waals surface area contributed by atoms with Crippen molar-refractivity contribution in [3.05, 3.63) is 36.2 Å². The van der Waals surface area contributed by atoms with E-state index in [9.17, 15) is 4.79 Å². The zero-order chi connectivity index (χ0) is 21.6. The maximum absolute atomic E-state index is 12.4. The smallest absolute Gasteiger partial charge is 0.319 e. The van der Waals surface area contributed by atoms with Gasteiger partial charge in [-0.1, -0.05) is 25.3 Å². The van der Waals surface area contributed by atoms with E-state index in [1.54, 1.807) is 0 Å². The van der Waals surface area contributed by atoms with Crippen LogP contribution in [0, 0.1) is 6.92 Å². The third-order valence-corrected chi connectivity index (χ3v) is 5.98. The first-order valence-electron chi connectivity index (χ1n) is 11.3. The summed E-state index contributed by atoms with van der Waals surface area (Å²) in [5, 5.41) is 9.42. The van der Waals surface area contributed by atoms with Crippen molar-refractivity contribution in [2.45, 2.75) is 45.1 Å². The van der Waals surface area contributed by atoms with Crippen molar-refractivity contribution in [3.63, 3.8) is 0 Å². The molecule has 0 radical (unpaired) electrons. The van der Waals surface area contributed by atoms with Crippen LogP contribution in [0.25, 0.3) is 0 Å². The molecule has 1 saturated heterocycles. The van der Waals surface area contributed by atoms with Crippen molar-refractivity contribution in [1.82, 2.24) is 20.2 Å². The molecular weight excluding hydrogens is 390 g/mol. The Morgan fingerprint density at radius 2 is 1.74 bits per heavy atom. The number of urea groups is 1. The number of piperazine rings is 1. The number of carbonyl (C=O) groups excluding carboxylic acids is 1. The summed E-state index contributed by atoms with van der Waals surface area (Å²) in [6.45, 7) is 5.90. The molecule has 2 aromatic rings. The summed E-state index contributed by atoms with van der Waals surface area (Å²) in [6, 6.07) is 9.85. The summed E-state index contributed by atoms with van der Waals surface area (Å²) in [4.78, 5) is 26.2. The number of nitrogens with one attached hydrogen (secondary N) is 3. The number of rotatable bonds is 5. The minimum Gasteiger partial charge on any atom is -0.354 e. The van der Waals surface area contributed by atoms with Crippen LogP contribution in [0.1, 0.15) is 37.9 Å². The number of likely N-dealkylation sites (N-methyl/N-ethyl adjacent to an activating group) is 1. The molecule has 1 aliphatic heterocycles. The summed E-state index contributed by atoms with van der Waals surface area (Å²) >= 11 is 0. The van der Waals surface area contributed by atoms with Crippen molar-refractivity contribution in [2.75, 3.05) is 48.8 Å². The number of amides is 2. The lowest BCUT2D eigenvalue weighted by molar-refractivity contribution is 0.244. The first-order valence-corrected chi connectivity index (χ1v) is 11.3. The molecule has 2 fully saturated rings. The van der Waals surface area contributed by atoms with Crippen LogP contribution in [0.4, 0.5) is 27.8 Å². The maximum atomic E-state index is 12.4. The molecule has 2 heterocycles. The molecule has 8 nitrogen and oxygen atoms in total. The van der Waals surface area contributed by atoms with Crippen LogP contribution in [-0.2, 0) is 0 Å². The minimum atomic E-state index is -0.140. The quantitative estimate of drug-likeness (QED) is 0.679. The molecule has 166 valence electrons. The second-order valence-corrected chi connectivity index (χ2v) is 8.59. The molecule has 0 bridgehead atoms. The van der Waals surface area contributed by atoms with E-state index in [1.165, 1.54) is 19.3 Å². The third-order valence-electron chi connectivity index (χ3n) is 5.98. The largest absolute Gasteiger partial charge is 0.354 e. The highest BCUT2D eigenvalue weighted by Crippen LogP contribution is 2.23. The lowest BCUT2D eigenvalue weighted by Gasteiger charge is -2.33. The standard InChI is InChI=1S/C23H33N7O/c1-17-24-21(16-22(25-17)30-13-11-29(2)12-14-30)26-19-9-6-10-20(15-19)28-23(31)27-18-7-4-3-5-8-18/h6,9-10,15-16,18H,3-5,7-8,11-14H2,1-2H3,(H,24,25,26)(H2,27,28,31). The van der Waals surface area contributed by atoms with E-state index in [4.69, 9.17) is 0 Å². The van der Waals surface area contributed by atoms with Gasteiger partial charge in [-0.25, -0.2) is 14.8 Å². The van der Waals surface area contributed by atoms with Gasteiger partial charge in [-0.2, -0.15) is 0 Å². The second kappa shape index (κ2) is 9.96. The van der Waals surface area contributed by atoms with Crippen LogP contribution in [0.15, 0.2) is 30.3 Å². The number of aryl methyl sites for hydroxylation is 1. The van der Waals surface area contributed by atoms with Crippen molar-refractivity contribution in [3.8, 4) is 0 Å². The highest BCUT2D eigenvalue weighted by atomic mass is 16.2. The molecule has 4 rings (SSSR count). The summed E-state index contributed by atoms with van der Waals surface area (Å²) in [7, 11) is 2.14. The molecule has 0 atom stereocenters. The topological polar surface area (TPSA) is 85.4 Å². The Bertz CT molecular complexity index is 889. The predicted molar refractivity (Wildman–Crippen MR) is 125 cm³/mol. The number of aromatic nitrogens is 2. The normalized spacial score (nSPS) is 17.9. The van der Waals surface area contributed by atoms with E-state index in [-0.39, 0.29) is 12.1 Å². The average molecular weight is 424 g/mol. The van der Waals surface area contributed by atoms with Crippen LogP contribution in [0.5, 0.6) is 0 Å². The van der Waals surface area contributed by atoms with E-state index in [0.29, 0.717) is 0 Å². The first-order chi connectivity index (χ1) is 15.0. The van der Waals surface area contributed by atoms with Gasteiger partial charge in [0.05, 0.1) is 0 Å². The number of hydrogen-bond donors (Lipinski definition) is 3. The zero-order valence-electron chi connectivity index (χ0n) is 18.5. The Hall–Kier alpha value is -2.87. The van der Waals surface area contributed by atoms with E-state index in [0.717, 1.165) is 67.9 Å². The summed E-state index contributed by atoms with van der Waals surface area (Å²) in [5.41, 5.74) is 1.63. The van der Waals surface area contributed by atoms with Crippen molar-refractivity contribution in [1.29, 1.82) is 0 Å². The third kappa shape index (κ3) is 6.07. The van der Waals surface area contributed by atoms with Gasteiger partial charge in [0.15, 0.2) is 0 Å². The van der Waals surface area contributed by atoms with Crippen LogP contribution in [0.3, 0.4) is 0 Å². The van der Waals surface area contributed by atoms with Gasteiger partial charge in [-0.3, -0.25) is 0 Å². The molecule has 31 heavy (non-hydrogen) atoms. The lowest BCUT2D eigenvalue weighted by Crippen LogP contribution is -2.44. The van der Waals surface area contributed by atoms with Gasteiger partial charge in [-0.05, 0) is 45.0 Å². The molecule has 1 aromatic carbocycles. The summed E-state index contributed by atoms with van der Waals surface area (Å²) in [6.07, 6.45) is 5.79. The Morgan fingerprint density at radius 3 is 2.52 bits per heavy atom. The fourth-order valence-electron chi connectivity index (χ4n) is 4.24. The van der Waals surface area contributed by atoms with E-state index < -0.39 is 0 Å². The van der Waals surface area contributed by atoms with Gasteiger partial charge in [0.25, 0.3) is 0 Å². The Morgan fingerprint density at radius 1 is 1.00 bits per heavy atom. The Balaban J connectivity index is 1.39. The summed E-state index contributed by atoms with van der Waals surface area (Å²) < 4.78 is 0. The van der Waals surface area contributed by atoms with E-state index >= 15 is 0 Å². The average Bonchev–Trinajstić information content (AvgIpc) is 2.75. The number of benzene rings is 1. The molecule has 1 aliphatic carbocycles. The SMILES string of the molecule is Cc1nc(Nc2cccc(NC(=O)NC3CCCCC3)c2)cc(N2CCN(C)CC2)n1. The number of nitrogens with zero attached hydrogens (tertiary/aromatic N) is 4. The molecule has 0 unspecified atom stereocenters. The van der Waals surface area contributed by atoms with Crippen LogP contribution in [-0.4, -0.2) is 60.2 Å². The van der Waals surface area contributed by atoms with Crippen molar-refractivity contribution < 1.29 is 4.79 Å². The number of anilines is 4. The molecule has 1 saturated carbocycles. The first kappa shape index (κ1) is 21.4.